The minimum atomic E-state index is -0.418. The molecule has 0 radical (unpaired) electrons. The lowest BCUT2D eigenvalue weighted by atomic mass is 10.2. The first-order valence-electron chi connectivity index (χ1n) is 11.1. The molecule has 0 saturated heterocycles. The number of hydrogen-bond acceptors (Lipinski definition) is 7. The van der Waals surface area contributed by atoms with Crippen LogP contribution in [-0.2, 0) is 11.3 Å². The van der Waals surface area contributed by atoms with E-state index < -0.39 is 6.04 Å². The fraction of sp³-hybridized carbons (Fsp3) is 0.280. The normalized spacial score (nSPS) is 11.4. The van der Waals surface area contributed by atoms with E-state index in [0.717, 1.165) is 0 Å². The quantitative estimate of drug-likeness (QED) is 0.288. The van der Waals surface area contributed by atoms with E-state index in [0.29, 0.717) is 46.9 Å². The zero-order valence-corrected chi connectivity index (χ0v) is 20.8. The molecule has 0 aliphatic rings. The molecule has 0 unspecified atom stereocenters. The Morgan fingerprint density at radius 1 is 1.17 bits per heavy atom. The minimum absolute atomic E-state index is 0.127. The van der Waals surface area contributed by atoms with Crippen LogP contribution in [0.5, 0.6) is 11.5 Å². The Kier molecular flexibility index (Phi) is 9.31. The van der Waals surface area contributed by atoms with Gasteiger partial charge in [0, 0.05) is 12.1 Å². The second-order valence-corrected chi connectivity index (χ2v) is 8.37. The van der Waals surface area contributed by atoms with E-state index in [4.69, 9.17) is 9.47 Å². The second kappa shape index (κ2) is 12.6. The number of rotatable bonds is 12. The fourth-order valence-corrected chi connectivity index (χ4v) is 4.04. The van der Waals surface area contributed by atoms with Crippen LogP contribution in [0.2, 0.25) is 0 Å². The van der Waals surface area contributed by atoms with Gasteiger partial charge in [-0.3, -0.25) is 9.59 Å². The average molecular weight is 496 g/mol. The summed E-state index contributed by atoms with van der Waals surface area (Å²) in [5.41, 5.74) is 1.12. The largest absolute Gasteiger partial charge is 0.497 e. The van der Waals surface area contributed by atoms with Gasteiger partial charge in [0.1, 0.15) is 11.5 Å². The molecule has 2 N–H and O–H groups in total. The van der Waals surface area contributed by atoms with E-state index in [1.54, 1.807) is 49.6 Å². The third-order valence-corrected chi connectivity index (χ3v) is 5.90. The van der Waals surface area contributed by atoms with E-state index in [9.17, 15) is 9.59 Å². The van der Waals surface area contributed by atoms with Crippen molar-refractivity contribution in [2.75, 3.05) is 24.8 Å². The number of aromatic nitrogens is 3. The molecule has 3 rings (SSSR count). The lowest BCUT2D eigenvalue weighted by molar-refractivity contribution is -0.113. The molecule has 3 aromatic rings. The van der Waals surface area contributed by atoms with Gasteiger partial charge in [0.05, 0.1) is 31.2 Å². The number of ether oxygens (including phenoxy) is 2. The number of anilines is 1. The van der Waals surface area contributed by atoms with Crippen molar-refractivity contribution in [2.24, 2.45) is 0 Å². The summed E-state index contributed by atoms with van der Waals surface area (Å²) in [5, 5.41) is 14.9. The number of nitrogens with one attached hydrogen (secondary N) is 2. The number of hydrogen-bond donors (Lipinski definition) is 2. The van der Waals surface area contributed by atoms with Crippen LogP contribution in [0, 0.1) is 0 Å². The number of thioether (sulfide) groups is 1. The first-order valence-corrected chi connectivity index (χ1v) is 12.1. The third kappa shape index (κ3) is 6.86. The number of carbonyl (C=O) groups excluding carboxylic acids is 2. The van der Waals surface area contributed by atoms with Crippen molar-refractivity contribution in [2.45, 2.75) is 31.6 Å². The molecule has 0 saturated carbocycles. The van der Waals surface area contributed by atoms with Gasteiger partial charge in [-0.05, 0) is 50.2 Å². The first-order chi connectivity index (χ1) is 17.0. The molecular weight excluding hydrogens is 466 g/mol. The Bertz CT molecular complexity index is 1160. The summed E-state index contributed by atoms with van der Waals surface area (Å²) in [6, 6.07) is 13.7. The molecule has 0 aliphatic heterocycles. The summed E-state index contributed by atoms with van der Waals surface area (Å²) in [6.07, 6.45) is 1.72. The summed E-state index contributed by atoms with van der Waals surface area (Å²) in [7, 11) is 1.57. The van der Waals surface area contributed by atoms with Crippen LogP contribution in [-0.4, -0.2) is 46.0 Å². The highest BCUT2D eigenvalue weighted by Crippen LogP contribution is 2.25. The zero-order valence-electron chi connectivity index (χ0n) is 20.0. The van der Waals surface area contributed by atoms with Crippen LogP contribution >= 0.6 is 11.8 Å². The van der Waals surface area contributed by atoms with Gasteiger partial charge in [0.15, 0.2) is 11.0 Å². The van der Waals surface area contributed by atoms with Crippen molar-refractivity contribution in [3.8, 4) is 11.5 Å². The third-order valence-electron chi connectivity index (χ3n) is 4.94. The van der Waals surface area contributed by atoms with Crippen LogP contribution in [0.4, 0.5) is 5.69 Å². The predicted molar refractivity (Wildman–Crippen MR) is 136 cm³/mol. The van der Waals surface area contributed by atoms with Crippen LogP contribution in [0.1, 0.15) is 36.1 Å². The van der Waals surface area contributed by atoms with Crippen LogP contribution in [0.3, 0.4) is 0 Å². The molecule has 0 aliphatic carbocycles. The molecule has 0 fully saturated rings. The summed E-state index contributed by atoms with van der Waals surface area (Å²) in [6.45, 7) is 8.46. The molecule has 0 spiro atoms. The first kappa shape index (κ1) is 25.8. The molecule has 10 heteroatoms. The summed E-state index contributed by atoms with van der Waals surface area (Å²) in [5.74, 6) is 1.55. The van der Waals surface area contributed by atoms with E-state index in [-0.39, 0.29) is 17.6 Å². The SMILES string of the molecule is C=CCn1c(SCC(=O)Nc2ccccc2OCC)nnc1[C@H](C)NC(=O)c1ccc(OC)cc1. The molecular formula is C25H29N5O4S. The van der Waals surface area contributed by atoms with Crippen molar-refractivity contribution < 1.29 is 19.1 Å². The lowest BCUT2D eigenvalue weighted by Gasteiger charge is -2.15. The number of benzene rings is 2. The maximum absolute atomic E-state index is 12.7. The van der Waals surface area contributed by atoms with Gasteiger partial charge in [-0.2, -0.15) is 0 Å². The highest BCUT2D eigenvalue weighted by atomic mass is 32.2. The molecule has 1 atom stereocenters. The van der Waals surface area contributed by atoms with E-state index in [2.05, 4.69) is 27.4 Å². The fourth-order valence-electron chi connectivity index (χ4n) is 3.28. The number of methoxy groups -OCH3 is 1. The van der Waals surface area contributed by atoms with Gasteiger partial charge in [-0.15, -0.1) is 16.8 Å². The van der Waals surface area contributed by atoms with Crippen LogP contribution < -0.4 is 20.1 Å². The standard InChI is InChI=1S/C25H29N5O4S/c1-5-15-30-23(17(3)26-24(32)18-11-13-19(33-4)14-12-18)28-29-25(30)35-16-22(31)27-20-9-7-8-10-21(20)34-6-2/h5,7-14,17H,1,6,15-16H2,2-4H3,(H,26,32)(H,27,31)/t17-/m0/s1. The molecule has 2 amide bonds. The van der Waals surface area contributed by atoms with Crippen LogP contribution in [0.25, 0.3) is 0 Å². The highest BCUT2D eigenvalue weighted by molar-refractivity contribution is 7.99. The monoisotopic (exact) mass is 495 g/mol. The van der Waals surface area contributed by atoms with Crippen LogP contribution in [0.15, 0.2) is 66.3 Å². The second-order valence-electron chi connectivity index (χ2n) is 7.43. The Morgan fingerprint density at radius 3 is 2.60 bits per heavy atom. The number of amides is 2. The lowest BCUT2D eigenvalue weighted by Crippen LogP contribution is -2.28. The molecule has 0 bridgehead atoms. The van der Waals surface area contributed by atoms with Gasteiger partial charge >= 0.3 is 0 Å². The maximum Gasteiger partial charge on any atom is 0.251 e. The number of para-hydroxylation sites is 2. The van der Waals surface area contributed by atoms with Gasteiger partial charge < -0.3 is 24.7 Å². The molecule has 1 aromatic heterocycles. The summed E-state index contributed by atoms with van der Waals surface area (Å²) < 4.78 is 12.5. The molecule has 184 valence electrons. The Hall–Kier alpha value is -3.79. The van der Waals surface area contributed by atoms with Gasteiger partial charge in [0.25, 0.3) is 5.91 Å². The Morgan fingerprint density at radius 2 is 1.91 bits per heavy atom. The number of carbonyl (C=O) groups is 2. The molecule has 35 heavy (non-hydrogen) atoms. The van der Waals surface area contributed by atoms with E-state index >= 15 is 0 Å². The maximum atomic E-state index is 12.7. The smallest absolute Gasteiger partial charge is 0.251 e. The van der Waals surface area contributed by atoms with Crippen molar-refractivity contribution in [1.29, 1.82) is 0 Å². The topological polar surface area (TPSA) is 107 Å². The summed E-state index contributed by atoms with van der Waals surface area (Å²) in [4.78, 5) is 25.2. The van der Waals surface area contributed by atoms with Crippen molar-refractivity contribution in [3.05, 3.63) is 72.6 Å². The van der Waals surface area contributed by atoms with Gasteiger partial charge in [-0.1, -0.05) is 30.0 Å². The number of nitrogens with zero attached hydrogens (tertiary/aromatic N) is 3. The highest BCUT2D eigenvalue weighted by Gasteiger charge is 2.20. The molecule has 1 heterocycles. The zero-order chi connectivity index (χ0) is 25.2. The summed E-state index contributed by atoms with van der Waals surface area (Å²) >= 11 is 1.25. The minimum Gasteiger partial charge on any atom is -0.497 e. The number of allylic oxidation sites excluding steroid dienone is 1. The average Bonchev–Trinajstić information content (AvgIpc) is 3.27. The van der Waals surface area contributed by atoms with E-state index in [1.165, 1.54) is 11.8 Å². The molecule has 9 nitrogen and oxygen atoms in total. The Labute approximate surface area is 208 Å². The predicted octanol–water partition coefficient (Wildman–Crippen LogP) is 4.09. The Balaban J connectivity index is 1.65. The van der Waals surface area contributed by atoms with Crippen molar-refractivity contribution in [1.82, 2.24) is 20.1 Å². The van der Waals surface area contributed by atoms with Gasteiger partial charge in [-0.25, -0.2) is 0 Å². The van der Waals surface area contributed by atoms with Gasteiger partial charge in [0.2, 0.25) is 5.91 Å². The van der Waals surface area contributed by atoms with Crippen molar-refractivity contribution >= 4 is 29.3 Å². The van der Waals surface area contributed by atoms with E-state index in [1.807, 2.05) is 30.5 Å². The molecule has 2 aromatic carbocycles. The van der Waals surface area contributed by atoms with Crippen molar-refractivity contribution in [3.63, 3.8) is 0 Å².